The molecule has 0 aliphatic rings. The maximum atomic E-state index is 12.4. The number of hydrogen-bond donors (Lipinski definition) is 1. The second-order valence-corrected chi connectivity index (χ2v) is 4.87. The summed E-state index contributed by atoms with van der Waals surface area (Å²) in [7, 11) is 1.84. The van der Waals surface area contributed by atoms with Gasteiger partial charge in [-0.1, -0.05) is 6.07 Å². The summed E-state index contributed by atoms with van der Waals surface area (Å²) in [5.74, 6) is 0.300. The van der Waals surface area contributed by atoms with Gasteiger partial charge in [-0.15, -0.1) is 0 Å². The Balaban J connectivity index is 2.02. The monoisotopic (exact) mass is 281 g/mol. The smallest absolute Gasteiger partial charge is 0.258 e. The van der Waals surface area contributed by atoms with E-state index < -0.39 is 0 Å². The number of fused-ring (bicyclic) bond motifs is 1. The Kier molecular flexibility index (Phi) is 3.13. The normalized spacial score (nSPS) is 10.8. The highest BCUT2D eigenvalue weighted by Gasteiger charge is 2.15. The van der Waals surface area contributed by atoms with Crippen molar-refractivity contribution in [3.8, 4) is 0 Å². The fraction of sp³-hybridized carbons (Fsp3) is 0.200. The average Bonchev–Trinajstić information content (AvgIpc) is 2.73. The van der Waals surface area contributed by atoms with E-state index in [9.17, 15) is 4.79 Å². The summed E-state index contributed by atoms with van der Waals surface area (Å²) in [4.78, 5) is 20.9. The molecule has 3 rings (SSSR count). The SMILES string of the molecule is Cc1nc2c(cc1C(=O)Nc1ccccn1)c(C)nn2C. The van der Waals surface area contributed by atoms with E-state index >= 15 is 0 Å². The van der Waals surface area contributed by atoms with Gasteiger partial charge in [0.05, 0.1) is 17.0 Å². The zero-order chi connectivity index (χ0) is 15.0. The van der Waals surface area contributed by atoms with Gasteiger partial charge in [0.15, 0.2) is 5.65 Å². The Labute approximate surface area is 121 Å². The molecule has 106 valence electrons. The van der Waals surface area contributed by atoms with Crippen LogP contribution in [0, 0.1) is 13.8 Å². The summed E-state index contributed by atoms with van der Waals surface area (Å²) in [6.07, 6.45) is 1.63. The van der Waals surface area contributed by atoms with Gasteiger partial charge in [0.1, 0.15) is 5.82 Å². The minimum absolute atomic E-state index is 0.219. The molecule has 21 heavy (non-hydrogen) atoms. The van der Waals surface area contributed by atoms with E-state index in [0.717, 1.165) is 16.7 Å². The molecule has 0 aliphatic heterocycles. The van der Waals surface area contributed by atoms with Gasteiger partial charge in [-0.3, -0.25) is 9.48 Å². The highest BCUT2D eigenvalue weighted by molar-refractivity contribution is 6.06. The molecule has 0 fully saturated rings. The lowest BCUT2D eigenvalue weighted by Crippen LogP contribution is -2.15. The van der Waals surface area contributed by atoms with Crippen molar-refractivity contribution in [3.05, 3.63) is 47.4 Å². The first-order chi connectivity index (χ1) is 10.1. The molecular weight excluding hydrogens is 266 g/mol. The molecule has 3 aromatic rings. The number of aromatic nitrogens is 4. The first-order valence-electron chi connectivity index (χ1n) is 6.59. The lowest BCUT2D eigenvalue weighted by molar-refractivity contribution is 0.102. The minimum atomic E-state index is -0.219. The van der Waals surface area contributed by atoms with Crippen molar-refractivity contribution in [1.82, 2.24) is 19.7 Å². The minimum Gasteiger partial charge on any atom is -0.307 e. The summed E-state index contributed by atoms with van der Waals surface area (Å²) in [5, 5.41) is 7.98. The molecule has 0 radical (unpaired) electrons. The molecule has 0 aliphatic carbocycles. The lowest BCUT2D eigenvalue weighted by atomic mass is 10.1. The number of carbonyl (C=O) groups is 1. The van der Waals surface area contributed by atoms with Crippen molar-refractivity contribution in [1.29, 1.82) is 0 Å². The Bertz CT molecular complexity index is 823. The molecule has 0 atom stereocenters. The molecule has 3 aromatic heterocycles. The van der Waals surface area contributed by atoms with E-state index in [-0.39, 0.29) is 5.91 Å². The molecule has 0 unspecified atom stereocenters. The van der Waals surface area contributed by atoms with E-state index in [1.165, 1.54) is 0 Å². The average molecular weight is 281 g/mol. The Hall–Kier alpha value is -2.76. The van der Waals surface area contributed by atoms with Crippen LogP contribution in [0.5, 0.6) is 0 Å². The van der Waals surface area contributed by atoms with Gasteiger partial charge < -0.3 is 5.32 Å². The zero-order valence-electron chi connectivity index (χ0n) is 12.1. The van der Waals surface area contributed by atoms with Crippen LogP contribution in [-0.2, 0) is 7.05 Å². The Morgan fingerprint density at radius 2 is 2.05 bits per heavy atom. The molecule has 1 amide bonds. The predicted octanol–water partition coefficient (Wildman–Crippen LogP) is 2.23. The number of anilines is 1. The van der Waals surface area contributed by atoms with Crippen LogP contribution in [0.3, 0.4) is 0 Å². The maximum absolute atomic E-state index is 12.4. The van der Waals surface area contributed by atoms with Gasteiger partial charge in [-0.25, -0.2) is 9.97 Å². The van der Waals surface area contributed by atoms with Crippen LogP contribution in [0.25, 0.3) is 11.0 Å². The van der Waals surface area contributed by atoms with Gasteiger partial charge in [-0.05, 0) is 32.0 Å². The molecule has 0 bridgehead atoms. The summed E-state index contributed by atoms with van der Waals surface area (Å²) < 4.78 is 1.72. The fourth-order valence-corrected chi connectivity index (χ4v) is 2.28. The lowest BCUT2D eigenvalue weighted by Gasteiger charge is -2.07. The standard InChI is InChI=1S/C15H15N5O/c1-9-12(15(21)18-13-6-4-5-7-16-13)8-11-10(2)19-20(3)14(11)17-9/h4-8H,1-3H3,(H,16,18,21). The number of nitrogens with one attached hydrogen (secondary N) is 1. The number of nitrogens with zero attached hydrogens (tertiary/aromatic N) is 4. The third kappa shape index (κ3) is 2.35. The maximum Gasteiger partial charge on any atom is 0.258 e. The van der Waals surface area contributed by atoms with Gasteiger partial charge >= 0.3 is 0 Å². The predicted molar refractivity (Wildman–Crippen MR) is 80.2 cm³/mol. The van der Waals surface area contributed by atoms with Gasteiger partial charge in [-0.2, -0.15) is 5.10 Å². The number of amides is 1. The Morgan fingerprint density at radius 1 is 1.24 bits per heavy atom. The summed E-state index contributed by atoms with van der Waals surface area (Å²) >= 11 is 0. The van der Waals surface area contributed by atoms with Gasteiger partial charge in [0.25, 0.3) is 5.91 Å². The third-order valence-electron chi connectivity index (χ3n) is 3.34. The van der Waals surface area contributed by atoms with Crippen LogP contribution in [-0.4, -0.2) is 25.7 Å². The molecule has 0 aromatic carbocycles. The second kappa shape index (κ2) is 4.97. The van der Waals surface area contributed by atoms with E-state index in [2.05, 4.69) is 20.4 Å². The van der Waals surface area contributed by atoms with Crippen molar-refractivity contribution in [2.24, 2.45) is 7.05 Å². The summed E-state index contributed by atoms with van der Waals surface area (Å²) in [6, 6.07) is 7.20. The fourth-order valence-electron chi connectivity index (χ4n) is 2.28. The van der Waals surface area contributed by atoms with Gasteiger partial charge in [0, 0.05) is 18.6 Å². The van der Waals surface area contributed by atoms with E-state index in [1.807, 2.05) is 33.0 Å². The molecule has 3 heterocycles. The number of hydrogen-bond acceptors (Lipinski definition) is 4. The molecule has 0 saturated heterocycles. The van der Waals surface area contributed by atoms with Crippen LogP contribution in [0.2, 0.25) is 0 Å². The van der Waals surface area contributed by atoms with Crippen molar-refractivity contribution < 1.29 is 4.79 Å². The topological polar surface area (TPSA) is 72.7 Å². The van der Waals surface area contributed by atoms with Gasteiger partial charge in [0.2, 0.25) is 0 Å². The highest BCUT2D eigenvalue weighted by atomic mass is 16.1. The summed E-state index contributed by atoms with van der Waals surface area (Å²) in [5.41, 5.74) is 2.83. The van der Waals surface area contributed by atoms with Crippen LogP contribution in [0.4, 0.5) is 5.82 Å². The van der Waals surface area contributed by atoms with E-state index in [1.54, 1.807) is 23.0 Å². The second-order valence-electron chi connectivity index (χ2n) is 4.87. The first-order valence-corrected chi connectivity index (χ1v) is 6.59. The van der Waals surface area contributed by atoms with Crippen LogP contribution in [0.1, 0.15) is 21.7 Å². The van der Waals surface area contributed by atoms with E-state index in [0.29, 0.717) is 17.1 Å². The van der Waals surface area contributed by atoms with E-state index in [4.69, 9.17) is 0 Å². The third-order valence-corrected chi connectivity index (χ3v) is 3.34. The summed E-state index contributed by atoms with van der Waals surface area (Å²) in [6.45, 7) is 3.72. The van der Waals surface area contributed by atoms with Crippen molar-refractivity contribution in [2.45, 2.75) is 13.8 Å². The number of carbonyl (C=O) groups excluding carboxylic acids is 1. The molecular formula is C15H15N5O. The zero-order valence-corrected chi connectivity index (χ0v) is 12.1. The Morgan fingerprint density at radius 3 is 2.76 bits per heavy atom. The first kappa shape index (κ1) is 13.2. The number of rotatable bonds is 2. The quantitative estimate of drug-likeness (QED) is 0.781. The van der Waals surface area contributed by atoms with Crippen molar-refractivity contribution in [2.75, 3.05) is 5.32 Å². The highest BCUT2D eigenvalue weighted by Crippen LogP contribution is 2.20. The van der Waals surface area contributed by atoms with Crippen LogP contribution >= 0.6 is 0 Å². The van der Waals surface area contributed by atoms with Crippen LogP contribution in [0.15, 0.2) is 30.5 Å². The number of pyridine rings is 2. The molecule has 0 spiro atoms. The molecule has 6 heteroatoms. The van der Waals surface area contributed by atoms with Crippen molar-refractivity contribution in [3.63, 3.8) is 0 Å². The molecule has 0 saturated carbocycles. The number of aryl methyl sites for hydroxylation is 3. The van der Waals surface area contributed by atoms with Crippen molar-refractivity contribution >= 4 is 22.8 Å². The van der Waals surface area contributed by atoms with Crippen LogP contribution < -0.4 is 5.32 Å². The molecule has 6 nitrogen and oxygen atoms in total. The largest absolute Gasteiger partial charge is 0.307 e. The molecule has 1 N–H and O–H groups in total.